The Labute approximate surface area is 195 Å². The van der Waals surface area contributed by atoms with Gasteiger partial charge in [0.05, 0.1) is 6.61 Å². The predicted octanol–water partition coefficient (Wildman–Crippen LogP) is 5.04. The van der Waals surface area contributed by atoms with Crippen LogP contribution in [0.25, 0.3) is 10.9 Å². The lowest BCUT2D eigenvalue weighted by Gasteiger charge is -2.18. The van der Waals surface area contributed by atoms with Crippen LogP contribution in [0.4, 0.5) is 0 Å². The Morgan fingerprint density at radius 1 is 1.00 bits per heavy atom. The summed E-state index contributed by atoms with van der Waals surface area (Å²) in [7, 11) is 3.67. The summed E-state index contributed by atoms with van der Waals surface area (Å²) in [4.78, 5) is 12.8. The van der Waals surface area contributed by atoms with Crippen LogP contribution in [0.3, 0.4) is 0 Å². The molecule has 0 unspecified atom stereocenters. The summed E-state index contributed by atoms with van der Waals surface area (Å²) in [6.45, 7) is 1.49. The van der Waals surface area contributed by atoms with Crippen molar-refractivity contribution in [2.75, 3.05) is 20.3 Å². The van der Waals surface area contributed by atoms with E-state index in [4.69, 9.17) is 9.47 Å². The van der Waals surface area contributed by atoms with Crippen molar-refractivity contribution < 1.29 is 14.3 Å². The van der Waals surface area contributed by atoms with Crippen molar-refractivity contribution in [3.8, 4) is 5.75 Å². The van der Waals surface area contributed by atoms with Gasteiger partial charge in [0, 0.05) is 50.1 Å². The maximum atomic E-state index is 12.8. The third-order valence-corrected chi connectivity index (χ3v) is 5.83. The predicted molar refractivity (Wildman–Crippen MR) is 131 cm³/mol. The zero-order chi connectivity index (χ0) is 23.0. The van der Waals surface area contributed by atoms with Gasteiger partial charge in [0.1, 0.15) is 12.4 Å². The molecule has 0 aliphatic rings. The first-order valence-electron chi connectivity index (χ1n) is 11.2. The van der Waals surface area contributed by atoms with Crippen molar-refractivity contribution in [1.29, 1.82) is 0 Å². The topological polar surface area (TPSA) is 52.5 Å². The average Bonchev–Trinajstić information content (AvgIpc) is 3.18. The molecule has 0 fully saturated rings. The molecule has 1 amide bonds. The first-order valence-corrected chi connectivity index (χ1v) is 11.2. The molecule has 33 heavy (non-hydrogen) atoms. The fourth-order valence-corrected chi connectivity index (χ4v) is 4.17. The monoisotopic (exact) mass is 442 g/mol. The Kier molecular flexibility index (Phi) is 7.43. The Morgan fingerprint density at radius 2 is 1.79 bits per heavy atom. The third kappa shape index (κ3) is 5.62. The number of amides is 1. The average molecular weight is 443 g/mol. The molecule has 1 aromatic heterocycles. The number of rotatable bonds is 10. The van der Waals surface area contributed by atoms with E-state index in [-0.39, 0.29) is 11.8 Å². The van der Waals surface area contributed by atoms with E-state index in [1.54, 1.807) is 7.11 Å². The van der Waals surface area contributed by atoms with Crippen LogP contribution < -0.4 is 10.1 Å². The van der Waals surface area contributed by atoms with Gasteiger partial charge >= 0.3 is 0 Å². The highest BCUT2D eigenvalue weighted by molar-refractivity contribution is 5.86. The number of hydrogen-bond donors (Lipinski definition) is 1. The van der Waals surface area contributed by atoms with Crippen molar-refractivity contribution >= 4 is 16.8 Å². The number of ether oxygens (including phenoxy) is 2. The number of aromatic nitrogens is 1. The molecule has 5 heteroatoms. The molecule has 0 aliphatic heterocycles. The van der Waals surface area contributed by atoms with E-state index in [1.807, 2.05) is 61.6 Å². The zero-order valence-corrected chi connectivity index (χ0v) is 19.2. The highest BCUT2D eigenvalue weighted by Gasteiger charge is 2.22. The summed E-state index contributed by atoms with van der Waals surface area (Å²) in [5.74, 6) is 0.695. The number of aryl methyl sites for hydroxylation is 1. The van der Waals surface area contributed by atoms with Crippen molar-refractivity contribution in [3.63, 3.8) is 0 Å². The fourth-order valence-electron chi connectivity index (χ4n) is 4.17. The number of nitrogens with zero attached hydrogens (tertiary/aromatic N) is 1. The van der Waals surface area contributed by atoms with Gasteiger partial charge in [-0.15, -0.1) is 0 Å². The lowest BCUT2D eigenvalue weighted by atomic mass is 9.88. The fraction of sp³-hybridized carbons (Fsp3) is 0.250. The van der Waals surface area contributed by atoms with Crippen LogP contribution in [0.2, 0.25) is 0 Å². The summed E-state index contributed by atoms with van der Waals surface area (Å²) >= 11 is 0. The van der Waals surface area contributed by atoms with Crippen molar-refractivity contribution in [2.45, 2.75) is 18.9 Å². The molecule has 0 bridgehead atoms. The van der Waals surface area contributed by atoms with Gasteiger partial charge < -0.3 is 19.4 Å². The second-order valence-electron chi connectivity index (χ2n) is 8.16. The van der Waals surface area contributed by atoms with Crippen molar-refractivity contribution in [2.24, 2.45) is 7.05 Å². The van der Waals surface area contributed by atoms with E-state index in [0.29, 0.717) is 26.2 Å². The van der Waals surface area contributed by atoms with Gasteiger partial charge in [0.2, 0.25) is 5.91 Å². The summed E-state index contributed by atoms with van der Waals surface area (Å²) in [6, 6.07) is 26.5. The third-order valence-electron chi connectivity index (χ3n) is 5.83. The first kappa shape index (κ1) is 22.6. The number of fused-ring (bicyclic) bond motifs is 1. The van der Waals surface area contributed by atoms with Crippen LogP contribution in [0.1, 0.15) is 29.0 Å². The summed E-state index contributed by atoms with van der Waals surface area (Å²) in [5.41, 5.74) is 4.45. The SMILES string of the molecule is COCCNC(=O)C[C@@H](c1cccc(OCc2ccccc2)c1)c1cn(C)c2ccccc12. The smallest absolute Gasteiger partial charge is 0.221 e. The van der Waals surface area contributed by atoms with E-state index in [9.17, 15) is 4.79 Å². The molecular formula is C28H30N2O3. The van der Waals surface area contributed by atoms with Gasteiger partial charge in [-0.2, -0.15) is 0 Å². The Morgan fingerprint density at radius 3 is 2.61 bits per heavy atom. The molecule has 1 heterocycles. The quantitative estimate of drug-likeness (QED) is 0.350. The normalized spacial score (nSPS) is 11.9. The summed E-state index contributed by atoms with van der Waals surface area (Å²) < 4.78 is 13.3. The number of hydrogen-bond acceptors (Lipinski definition) is 3. The minimum atomic E-state index is -0.0982. The molecule has 4 rings (SSSR count). The zero-order valence-electron chi connectivity index (χ0n) is 19.2. The maximum absolute atomic E-state index is 12.8. The molecule has 1 atom stereocenters. The number of methoxy groups -OCH3 is 1. The van der Waals surface area contributed by atoms with Gasteiger partial charge in [0.15, 0.2) is 0 Å². The van der Waals surface area contributed by atoms with E-state index >= 15 is 0 Å². The lowest BCUT2D eigenvalue weighted by molar-refractivity contribution is -0.121. The van der Waals surface area contributed by atoms with Crippen LogP contribution in [0.15, 0.2) is 85.1 Å². The van der Waals surface area contributed by atoms with E-state index in [2.05, 4.69) is 40.3 Å². The first-order chi connectivity index (χ1) is 16.2. The number of para-hydroxylation sites is 1. The van der Waals surface area contributed by atoms with Crippen LogP contribution in [0, 0.1) is 0 Å². The van der Waals surface area contributed by atoms with Crippen LogP contribution >= 0.6 is 0 Å². The van der Waals surface area contributed by atoms with Gasteiger partial charge in [-0.05, 0) is 34.9 Å². The van der Waals surface area contributed by atoms with Gasteiger partial charge in [-0.3, -0.25) is 4.79 Å². The van der Waals surface area contributed by atoms with E-state index < -0.39 is 0 Å². The van der Waals surface area contributed by atoms with Crippen LogP contribution in [-0.2, 0) is 23.2 Å². The molecule has 0 radical (unpaired) electrons. The maximum Gasteiger partial charge on any atom is 0.221 e. The minimum Gasteiger partial charge on any atom is -0.489 e. The van der Waals surface area contributed by atoms with E-state index in [1.165, 1.54) is 0 Å². The molecular weight excluding hydrogens is 412 g/mol. The minimum absolute atomic E-state index is 0.000547. The number of benzene rings is 3. The molecule has 170 valence electrons. The number of carbonyl (C=O) groups excluding carboxylic acids is 1. The van der Waals surface area contributed by atoms with E-state index in [0.717, 1.165) is 33.3 Å². The molecule has 1 N–H and O–H groups in total. The van der Waals surface area contributed by atoms with Gasteiger partial charge in [-0.1, -0.05) is 60.7 Å². The number of nitrogens with one attached hydrogen (secondary N) is 1. The Bertz CT molecular complexity index is 1200. The van der Waals surface area contributed by atoms with Crippen LogP contribution in [0.5, 0.6) is 5.75 Å². The number of carbonyl (C=O) groups is 1. The highest BCUT2D eigenvalue weighted by Crippen LogP contribution is 2.35. The summed E-state index contributed by atoms with van der Waals surface area (Å²) in [6.07, 6.45) is 2.48. The van der Waals surface area contributed by atoms with Crippen molar-refractivity contribution in [1.82, 2.24) is 9.88 Å². The summed E-state index contributed by atoms with van der Waals surface area (Å²) in [5, 5.41) is 4.13. The largest absolute Gasteiger partial charge is 0.489 e. The standard InChI is InChI=1S/C28H30N2O3/c1-30-19-26(24-13-6-7-14-27(24)30)25(18-28(31)29-15-16-32-2)22-11-8-12-23(17-22)33-20-21-9-4-3-5-10-21/h3-14,17,19,25H,15-16,18,20H2,1-2H3,(H,29,31)/t25-/m0/s1. The van der Waals surface area contributed by atoms with Crippen molar-refractivity contribution in [3.05, 3.63) is 102 Å². The molecule has 0 aliphatic carbocycles. The van der Waals surface area contributed by atoms with Gasteiger partial charge in [0.25, 0.3) is 0 Å². The van der Waals surface area contributed by atoms with Crippen LogP contribution in [-0.4, -0.2) is 30.7 Å². The Balaban J connectivity index is 1.63. The highest BCUT2D eigenvalue weighted by atomic mass is 16.5. The van der Waals surface area contributed by atoms with Gasteiger partial charge in [-0.25, -0.2) is 0 Å². The molecule has 0 spiro atoms. The molecule has 0 saturated heterocycles. The molecule has 0 saturated carbocycles. The molecule has 5 nitrogen and oxygen atoms in total. The second-order valence-corrected chi connectivity index (χ2v) is 8.16. The molecule has 3 aromatic carbocycles. The second kappa shape index (κ2) is 10.8. The molecule has 4 aromatic rings. The Hall–Kier alpha value is -3.57. The lowest BCUT2D eigenvalue weighted by Crippen LogP contribution is -2.28.